The third-order valence-corrected chi connectivity index (χ3v) is 5.44. The van der Waals surface area contributed by atoms with Gasteiger partial charge >= 0.3 is 0 Å². The van der Waals surface area contributed by atoms with Crippen molar-refractivity contribution in [1.29, 1.82) is 0 Å². The highest BCUT2D eigenvalue weighted by Crippen LogP contribution is 2.27. The monoisotopic (exact) mass is 390 g/mol. The number of aromatic nitrogens is 3. The van der Waals surface area contributed by atoms with Crippen LogP contribution in [0.4, 0.5) is 10.1 Å². The number of carbonyl (C=O) groups is 1. The summed E-state index contributed by atoms with van der Waals surface area (Å²) in [7, 11) is 0. The lowest BCUT2D eigenvalue weighted by Gasteiger charge is -2.08. The van der Waals surface area contributed by atoms with E-state index in [0.29, 0.717) is 5.69 Å². The molecule has 3 aromatic rings. The molecule has 0 aliphatic carbocycles. The first-order valence-electron chi connectivity index (χ1n) is 8.23. The molecule has 5 nitrogen and oxygen atoms in total. The van der Waals surface area contributed by atoms with Crippen molar-refractivity contribution in [2.24, 2.45) is 0 Å². The van der Waals surface area contributed by atoms with Crippen LogP contribution in [-0.4, -0.2) is 26.4 Å². The van der Waals surface area contributed by atoms with Crippen molar-refractivity contribution in [3.63, 3.8) is 0 Å². The summed E-state index contributed by atoms with van der Waals surface area (Å²) < 4.78 is 15.0. The second-order valence-corrected chi connectivity index (χ2v) is 7.81. The Hall–Kier alpha value is -2.19. The fraction of sp³-hybridized carbons (Fsp3) is 0.278. The quantitative estimate of drug-likeness (QED) is 0.599. The van der Waals surface area contributed by atoms with Gasteiger partial charge in [0.05, 0.1) is 5.75 Å². The Bertz CT molecular complexity index is 889. The van der Waals surface area contributed by atoms with Crippen LogP contribution in [0.3, 0.4) is 0 Å². The number of benzene rings is 1. The van der Waals surface area contributed by atoms with Crippen molar-refractivity contribution >= 4 is 34.7 Å². The third-order valence-electron chi connectivity index (χ3n) is 3.61. The van der Waals surface area contributed by atoms with Crippen LogP contribution < -0.4 is 5.32 Å². The predicted octanol–water partition coefficient (Wildman–Crippen LogP) is 4.59. The van der Waals surface area contributed by atoms with Gasteiger partial charge in [0.1, 0.15) is 5.82 Å². The van der Waals surface area contributed by atoms with E-state index in [0.717, 1.165) is 29.5 Å². The maximum Gasteiger partial charge on any atom is 0.234 e. The van der Waals surface area contributed by atoms with Crippen LogP contribution in [0, 0.1) is 12.7 Å². The molecule has 1 N–H and O–H groups in total. The topological polar surface area (TPSA) is 59.8 Å². The van der Waals surface area contributed by atoms with Crippen molar-refractivity contribution in [2.75, 3.05) is 11.1 Å². The highest BCUT2D eigenvalue weighted by molar-refractivity contribution is 7.99. The molecule has 26 heavy (non-hydrogen) atoms. The van der Waals surface area contributed by atoms with Gasteiger partial charge in [-0.1, -0.05) is 18.7 Å². The molecule has 0 unspecified atom stereocenters. The SMILES string of the molecule is CCCn1c(SCC(=O)Nc2ccc(F)cc2)nnc1-c1csc(C)c1. The average Bonchev–Trinajstić information content (AvgIpc) is 3.22. The Balaban J connectivity index is 1.68. The number of aryl methyl sites for hydroxylation is 1. The van der Waals surface area contributed by atoms with Gasteiger partial charge in [-0.2, -0.15) is 0 Å². The van der Waals surface area contributed by atoms with E-state index in [1.165, 1.54) is 40.9 Å². The van der Waals surface area contributed by atoms with Gasteiger partial charge in [-0.05, 0) is 43.7 Å². The molecule has 2 aromatic heterocycles. The first kappa shape index (κ1) is 18.6. The van der Waals surface area contributed by atoms with Crippen molar-refractivity contribution in [2.45, 2.75) is 32.0 Å². The molecule has 1 aromatic carbocycles. The van der Waals surface area contributed by atoms with Crippen LogP contribution in [0.2, 0.25) is 0 Å². The summed E-state index contributed by atoms with van der Waals surface area (Å²) in [6, 6.07) is 7.80. The minimum absolute atomic E-state index is 0.166. The number of anilines is 1. The third kappa shape index (κ3) is 4.50. The number of thioether (sulfide) groups is 1. The van der Waals surface area contributed by atoms with Crippen molar-refractivity contribution in [3.05, 3.63) is 46.4 Å². The van der Waals surface area contributed by atoms with E-state index in [-0.39, 0.29) is 17.5 Å². The maximum atomic E-state index is 12.9. The molecule has 2 heterocycles. The van der Waals surface area contributed by atoms with Crippen LogP contribution >= 0.6 is 23.1 Å². The molecule has 0 saturated heterocycles. The molecule has 8 heteroatoms. The maximum absolute atomic E-state index is 12.9. The molecule has 3 rings (SSSR count). The fourth-order valence-corrected chi connectivity index (χ4v) is 3.90. The summed E-state index contributed by atoms with van der Waals surface area (Å²) in [4.78, 5) is 13.4. The van der Waals surface area contributed by atoms with Crippen LogP contribution in [0.25, 0.3) is 11.4 Å². The first-order valence-corrected chi connectivity index (χ1v) is 10.1. The second kappa shape index (κ2) is 8.46. The number of halogens is 1. The number of hydrogen-bond acceptors (Lipinski definition) is 5. The smallest absolute Gasteiger partial charge is 0.234 e. The molecule has 0 saturated carbocycles. The van der Waals surface area contributed by atoms with E-state index in [1.807, 2.05) is 0 Å². The molecule has 0 aliphatic heterocycles. The lowest BCUT2D eigenvalue weighted by Crippen LogP contribution is -2.14. The summed E-state index contributed by atoms with van der Waals surface area (Å²) >= 11 is 3.02. The molecule has 1 amide bonds. The van der Waals surface area contributed by atoms with E-state index in [9.17, 15) is 9.18 Å². The average molecular weight is 391 g/mol. The Morgan fingerprint density at radius 3 is 2.73 bits per heavy atom. The highest BCUT2D eigenvalue weighted by atomic mass is 32.2. The number of amides is 1. The van der Waals surface area contributed by atoms with E-state index < -0.39 is 0 Å². The molecule has 136 valence electrons. The number of hydrogen-bond donors (Lipinski definition) is 1. The Labute approximate surface area is 159 Å². The summed E-state index contributed by atoms with van der Waals surface area (Å²) in [5, 5.41) is 14.1. The number of thiophene rings is 1. The predicted molar refractivity (Wildman–Crippen MR) is 104 cm³/mol. The van der Waals surface area contributed by atoms with Gasteiger partial charge in [-0.3, -0.25) is 4.79 Å². The van der Waals surface area contributed by atoms with E-state index in [2.05, 4.69) is 45.4 Å². The standard InChI is InChI=1S/C18H19FN4OS2/c1-3-8-23-17(13-9-12(2)25-10-13)21-22-18(23)26-11-16(24)20-15-6-4-14(19)5-7-15/h4-7,9-10H,3,8,11H2,1-2H3,(H,20,24). The van der Waals surface area contributed by atoms with Gasteiger partial charge in [0.15, 0.2) is 11.0 Å². The molecular weight excluding hydrogens is 371 g/mol. The molecular formula is C18H19FN4OS2. The van der Waals surface area contributed by atoms with Crippen LogP contribution in [-0.2, 0) is 11.3 Å². The van der Waals surface area contributed by atoms with Gasteiger partial charge in [0.25, 0.3) is 0 Å². The number of rotatable bonds is 7. The largest absolute Gasteiger partial charge is 0.325 e. The zero-order chi connectivity index (χ0) is 18.5. The molecule has 0 bridgehead atoms. The minimum atomic E-state index is -0.332. The molecule has 0 atom stereocenters. The zero-order valence-corrected chi connectivity index (χ0v) is 16.2. The Morgan fingerprint density at radius 1 is 1.31 bits per heavy atom. The number of nitrogens with one attached hydrogen (secondary N) is 1. The van der Waals surface area contributed by atoms with Crippen molar-refractivity contribution in [3.8, 4) is 11.4 Å². The highest BCUT2D eigenvalue weighted by Gasteiger charge is 2.16. The summed E-state index contributed by atoms with van der Waals surface area (Å²) in [5.41, 5.74) is 1.62. The molecule has 0 fully saturated rings. The summed E-state index contributed by atoms with van der Waals surface area (Å²) in [6.07, 6.45) is 0.948. The fourth-order valence-electron chi connectivity index (χ4n) is 2.46. The molecule has 0 spiro atoms. The normalized spacial score (nSPS) is 10.9. The second-order valence-electron chi connectivity index (χ2n) is 5.75. The van der Waals surface area contributed by atoms with Crippen LogP contribution in [0.5, 0.6) is 0 Å². The van der Waals surface area contributed by atoms with Crippen LogP contribution in [0.1, 0.15) is 18.2 Å². The van der Waals surface area contributed by atoms with E-state index in [4.69, 9.17) is 0 Å². The van der Waals surface area contributed by atoms with Gasteiger partial charge in [-0.25, -0.2) is 4.39 Å². The van der Waals surface area contributed by atoms with Gasteiger partial charge < -0.3 is 9.88 Å². The lowest BCUT2D eigenvalue weighted by atomic mass is 10.3. The number of carbonyl (C=O) groups excluding carboxylic acids is 1. The first-order chi connectivity index (χ1) is 12.6. The Morgan fingerprint density at radius 2 is 2.08 bits per heavy atom. The summed E-state index contributed by atoms with van der Waals surface area (Å²) in [6.45, 7) is 4.95. The van der Waals surface area contributed by atoms with E-state index >= 15 is 0 Å². The zero-order valence-electron chi connectivity index (χ0n) is 14.5. The number of nitrogens with zero attached hydrogens (tertiary/aromatic N) is 3. The summed E-state index contributed by atoms with van der Waals surface area (Å²) in [5.74, 6) is 0.543. The van der Waals surface area contributed by atoms with Gasteiger partial charge in [0, 0.05) is 28.1 Å². The van der Waals surface area contributed by atoms with Gasteiger partial charge in [0.2, 0.25) is 5.91 Å². The molecule has 0 radical (unpaired) electrons. The Kier molecular flexibility index (Phi) is 6.05. The van der Waals surface area contributed by atoms with E-state index in [1.54, 1.807) is 11.3 Å². The minimum Gasteiger partial charge on any atom is -0.325 e. The lowest BCUT2D eigenvalue weighted by molar-refractivity contribution is -0.113. The van der Waals surface area contributed by atoms with Crippen molar-refractivity contribution < 1.29 is 9.18 Å². The van der Waals surface area contributed by atoms with Crippen LogP contribution in [0.15, 0.2) is 40.9 Å². The van der Waals surface area contributed by atoms with Gasteiger partial charge in [-0.15, -0.1) is 21.5 Å². The molecule has 0 aliphatic rings. The van der Waals surface area contributed by atoms with Crippen molar-refractivity contribution in [1.82, 2.24) is 14.8 Å².